The van der Waals surface area contributed by atoms with E-state index in [-0.39, 0.29) is 20.3 Å². The second-order valence-electron chi connectivity index (χ2n) is 5.28. The van der Waals surface area contributed by atoms with E-state index in [4.69, 9.17) is 0 Å². The van der Waals surface area contributed by atoms with Crippen LogP contribution in [-0.2, 0) is 5.41 Å². The minimum atomic E-state index is 0. The molecular weight excluding hydrogens is 192 g/mol. The fourth-order valence-electron chi connectivity index (χ4n) is 2.49. The minimum absolute atomic E-state index is 0. The lowest BCUT2D eigenvalue weighted by Crippen LogP contribution is -2.20. The van der Waals surface area contributed by atoms with Gasteiger partial charge in [-0.3, -0.25) is 0 Å². The van der Waals surface area contributed by atoms with Gasteiger partial charge >= 0.3 is 0 Å². The molecule has 0 nitrogen and oxygen atoms in total. The molecule has 0 radical (unpaired) electrons. The fourth-order valence-corrected chi connectivity index (χ4v) is 2.49. The molecule has 1 aromatic rings. The van der Waals surface area contributed by atoms with Crippen molar-refractivity contribution in [1.82, 2.24) is 0 Å². The molecule has 16 heavy (non-hydrogen) atoms. The van der Waals surface area contributed by atoms with E-state index in [1.807, 2.05) is 0 Å². The van der Waals surface area contributed by atoms with Crippen molar-refractivity contribution in [3.05, 3.63) is 48.0 Å². The normalized spacial score (nSPS) is 25.7. The van der Waals surface area contributed by atoms with E-state index in [0.717, 1.165) is 0 Å². The SMILES string of the molecule is C.C.CC1(C)C=CC(C)(c2ccccc2)C1. The lowest BCUT2D eigenvalue weighted by molar-refractivity contribution is 0.386. The van der Waals surface area contributed by atoms with Gasteiger partial charge < -0.3 is 0 Å². The molecule has 0 bridgehead atoms. The van der Waals surface area contributed by atoms with Crippen LogP contribution in [-0.4, -0.2) is 0 Å². The molecule has 0 fully saturated rings. The highest BCUT2D eigenvalue weighted by atomic mass is 14.4. The van der Waals surface area contributed by atoms with Gasteiger partial charge in [-0.1, -0.05) is 78.1 Å². The highest BCUT2D eigenvalue weighted by molar-refractivity contribution is 5.34. The van der Waals surface area contributed by atoms with Crippen LogP contribution in [0.3, 0.4) is 0 Å². The van der Waals surface area contributed by atoms with E-state index in [0.29, 0.717) is 5.41 Å². The molecule has 0 heterocycles. The van der Waals surface area contributed by atoms with Gasteiger partial charge in [-0.15, -0.1) is 0 Å². The Hall–Kier alpha value is -1.04. The Labute approximate surface area is 101 Å². The monoisotopic (exact) mass is 218 g/mol. The number of hydrogen-bond acceptors (Lipinski definition) is 0. The first-order valence-electron chi connectivity index (χ1n) is 5.28. The molecule has 1 unspecified atom stereocenters. The van der Waals surface area contributed by atoms with Gasteiger partial charge in [0.25, 0.3) is 0 Å². The highest BCUT2D eigenvalue weighted by Crippen LogP contribution is 2.44. The number of rotatable bonds is 1. The van der Waals surface area contributed by atoms with E-state index in [1.54, 1.807) is 0 Å². The molecule has 0 amide bonds. The smallest absolute Gasteiger partial charge is 0.0112 e. The third-order valence-corrected chi connectivity index (χ3v) is 3.16. The Balaban J connectivity index is 0.00000112. The molecule has 0 spiro atoms. The van der Waals surface area contributed by atoms with Crippen LogP contribution < -0.4 is 0 Å². The van der Waals surface area contributed by atoms with E-state index in [1.165, 1.54) is 12.0 Å². The minimum Gasteiger partial charge on any atom is -0.0819 e. The first-order valence-corrected chi connectivity index (χ1v) is 5.28. The summed E-state index contributed by atoms with van der Waals surface area (Å²) in [5.41, 5.74) is 2.02. The largest absolute Gasteiger partial charge is 0.0819 e. The van der Waals surface area contributed by atoms with Crippen LogP contribution in [0, 0.1) is 5.41 Å². The standard InChI is InChI=1S/C14H18.2CH4/c1-13(2)9-10-14(3,11-13)12-7-5-4-6-8-12;;/h4-10H,11H2,1-3H3;2*1H4. The molecule has 1 atom stereocenters. The molecule has 0 saturated heterocycles. The van der Waals surface area contributed by atoms with Crippen molar-refractivity contribution in [1.29, 1.82) is 0 Å². The Kier molecular flexibility index (Phi) is 4.55. The molecular formula is C16H26. The Morgan fingerprint density at radius 2 is 1.44 bits per heavy atom. The first kappa shape index (κ1) is 15.0. The zero-order valence-electron chi connectivity index (χ0n) is 9.25. The Morgan fingerprint density at radius 1 is 0.875 bits per heavy atom. The number of benzene rings is 1. The van der Waals surface area contributed by atoms with Crippen molar-refractivity contribution < 1.29 is 0 Å². The van der Waals surface area contributed by atoms with Crippen molar-refractivity contribution in [2.24, 2.45) is 5.41 Å². The van der Waals surface area contributed by atoms with Crippen molar-refractivity contribution in [2.45, 2.75) is 47.5 Å². The first-order chi connectivity index (χ1) is 6.52. The summed E-state index contributed by atoms with van der Waals surface area (Å²) in [6.45, 7) is 6.93. The average Bonchev–Trinajstić information content (AvgIpc) is 2.44. The van der Waals surface area contributed by atoms with Gasteiger partial charge in [0.15, 0.2) is 0 Å². The summed E-state index contributed by atoms with van der Waals surface area (Å²) in [5.74, 6) is 0. The van der Waals surface area contributed by atoms with Crippen LogP contribution in [0.5, 0.6) is 0 Å². The van der Waals surface area contributed by atoms with E-state index in [2.05, 4.69) is 63.3 Å². The maximum atomic E-state index is 2.36. The predicted octanol–water partition coefficient (Wildman–Crippen LogP) is 5.20. The Bertz CT molecular complexity index is 346. The van der Waals surface area contributed by atoms with Crippen LogP contribution in [0.2, 0.25) is 0 Å². The van der Waals surface area contributed by atoms with Crippen molar-refractivity contribution in [3.8, 4) is 0 Å². The summed E-state index contributed by atoms with van der Waals surface area (Å²) >= 11 is 0. The van der Waals surface area contributed by atoms with Crippen LogP contribution in [0.4, 0.5) is 0 Å². The van der Waals surface area contributed by atoms with Crippen LogP contribution in [0.25, 0.3) is 0 Å². The van der Waals surface area contributed by atoms with Gasteiger partial charge in [0.2, 0.25) is 0 Å². The molecule has 0 saturated carbocycles. The van der Waals surface area contributed by atoms with Crippen LogP contribution in [0.15, 0.2) is 42.5 Å². The third-order valence-electron chi connectivity index (χ3n) is 3.16. The molecule has 2 rings (SSSR count). The van der Waals surface area contributed by atoms with Crippen molar-refractivity contribution in [2.75, 3.05) is 0 Å². The van der Waals surface area contributed by atoms with E-state index < -0.39 is 0 Å². The summed E-state index contributed by atoms with van der Waals surface area (Å²) in [4.78, 5) is 0. The summed E-state index contributed by atoms with van der Waals surface area (Å²) < 4.78 is 0. The molecule has 1 aliphatic carbocycles. The van der Waals surface area contributed by atoms with Gasteiger partial charge in [-0.2, -0.15) is 0 Å². The van der Waals surface area contributed by atoms with Crippen LogP contribution in [0.1, 0.15) is 47.6 Å². The topological polar surface area (TPSA) is 0 Å². The molecule has 0 aliphatic heterocycles. The molecule has 1 aromatic carbocycles. The maximum Gasteiger partial charge on any atom is 0.0112 e. The maximum absolute atomic E-state index is 2.36. The zero-order chi connectivity index (χ0) is 10.2. The number of hydrogen-bond donors (Lipinski definition) is 0. The number of allylic oxidation sites excluding steroid dienone is 2. The van der Waals surface area contributed by atoms with Gasteiger partial charge in [0, 0.05) is 5.41 Å². The van der Waals surface area contributed by atoms with Gasteiger partial charge in [0.1, 0.15) is 0 Å². The summed E-state index contributed by atoms with van der Waals surface area (Å²) in [6, 6.07) is 10.8. The van der Waals surface area contributed by atoms with Gasteiger partial charge in [0.05, 0.1) is 0 Å². The molecule has 0 heteroatoms. The molecule has 1 aliphatic rings. The summed E-state index contributed by atoms with van der Waals surface area (Å²) in [7, 11) is 0. The van der Waals surface area contributed by atoms with Crippen LogP contribution >= 0.6 is 0 Å². The van der Waals surface area contributed by atoms with Crippen molar-refractivity contribution >= 4 is 0 Å². The summed E-state index contributed by atoms with van der Waals surface area (Å²) in [5, 5.41) is 0. The lowest BCUT2D eigenvalue weighted by atomic mass is 9.77. The highest BCUT2D eigenvalue weighted by Gasteiger charge is 2.35. The second kappa shape index (κ2) is 4.86. The third kappa shape index (κ3) is 2.75. The second-order valence-corrected chi connectivity index (χ2v) is 5.28. The lowest BCUT2D eigenvalue weighted by Gasteiger charge is -2.27. The van der Waals surface area contributed by atoms with Crippen molar-refractivity contribution in [3.63, 3.8) is 0 Å². The van der Waals surface area contributed by atoms with Gasteiger partial charge in [-0.25, -0.2) is 0 Å². The average molecular weight is 218 g/mol. The predicted molar refractivity (Wildman–Crippen MR) is 74.8 cm³/mol. The quantitative estimate of drug-likeness (QED) is 0.568. The van der Waals surface area contributed by atoms with E-state index in [9.17, 15) is 0 Å². The zero-order valence-corrected chi connectivity index (χ0v) is 9.25. The Morgan fingerprint density at radius 3 is 1.88 bits per heavy atom. The van der Waals surface area contributed by atoms with Gasteiger partial charge in [-0.05, 0) is 17.4 Å². The molecule has 0 aromatic heterocycles. The fraction of sp³-hybridized carbons (Fsp3) is 0.500. The summed E-state index contributed by atoms with van der Waals surface area (Å²) in [6.07, 6.45) is 5.92. The van der Waals surface area contributed by atoms with E-state index >= 15 is 0 Å². The molecule has 90 valence electrons. The molecule has 0 N–H and O–H groups in total.